The fourth-order valence-corrected chi connectivity index (χ4v) is 5.68. The maximum Gasteiger partial charge on any atom is 0.295 e. The van der Waals surface area contributed by atoms with E-state index >= 15 is 0 Å². The zero-order valence-electron chi connectivity index (χ0n) is 21.8. The maximum absolute atomic E-state index is 11.9. The van der Waals surface area contributed by atoms with Crippen molar-refractivity contribution in [3.05, 3.63) is 41.5 Å². The van der Waals surface area contributed by atoms with Crippen molar-refractivity contribution in [3.63, 3.8) is 0 Å². The molecule has 0 spiro atoms. The van der Waals surface area contributed by atoms with Crippen LogP contribution in [0.5, 0.6) is 0 Å². The minimum atomic E-state index is -4.23. The molecule has 0 aliphatic carbocycles. The van der Waals surface area contributed by atoms with Crippen LogP contribution in [0, 0.1) is 0 Å². The van der Waals surface area contributed by atoms with Crippen molar-refractivity contribution in [2.24, 2.45) is 0 Å². The van der Waals surface area contributed by atoms with Gasteiger partial charge in [-0.15, -0.1) is 0 Å². The fraction of sp³-hybridized carbons (Fsp3) is 0.667. The second-order valence-electron chi connectivity index (χ2n) is 10.0. The van der Waals surface area contributed by atoms with Crippen LogP contribution in [0.25, 0.3) is 10.8 Å². The third-order valence-electron chi connectivity index (χ3n) is 7.04. The third kappa shape index (κ3) is 10.5. The maximum atomic E-state index is 11.9. The van der Waals surface area contributed by atoms with Gasteiger partial charge in [-0.2, -0.15) is 8.42 Å². The molecule has 0 unspecified atom stereocenters. The van der Waals surface area contributed by atoms with Gasteiger partial charge in [-0.3, -0.25) is 4.55 Å². The van der Waals surface area contributed by atoms with Gasteiger partial charge in [0, 0.05) is 5.39 Å². The van der Waals surface area contributed by atoms with Crippen molar-refractivity contribution in [3.8, 4) is 0 Å². The first-order valence-corrected chi connectivity index (χ1v) is 15.4. The molecule has 0 radical (unpaired) electrons. The highest BCUT2D eigenvalue weighted by Gasteiger charge is 2.15. The quantitative estimate of drug-likeness (QED) is 0.158. The molecule has 0 heterocycles. The Hall–Kier alpha value is -1.39. The first-order valence-electron chi connectivity index (χ1n) is 14.0. The lowest BCUT2D eigenvalue weighted by Gasteiger charge is -2.14. The van der Waals surface area contributed by atoms with Gasteiger partial charge in [-0.25, -0.2) is 0 Å². The number of aryl methyl sites for hydroxylation is 2. The Labute approximate surface area is 209 Å². The molecule has 0 saturated heterocycles. The molecule has 0 atom stereocenters. The lowest BCUT2D eigenvalue weighted by Crippen LogP contribution is -2.02. The Morgan fingerprint density at radius 2 is 1.06 bits per heavy atom. The van der Waals surface area contributed by atoms with E-state index in [9.17, 15) is 13.0 Å². The first-order chi connectivity index (χ1) is 16.5. The number of hydrogen-bond donors (Lipinski definition) is 1. The summed E-state index contributed by atoms with van der Waals surface area (Å²) in [5.41, 5.74) is 2.62. The van der Waals surface area contributed by atoms with E-state index in [2.05, 4.69) is 19.9 Å². The van der Waals surface area contributed by atoms with E-state index in [-0.39, 0.29) is 4.90 Å². The molecule has 3 nitrogen and oxygen atoms in total. The Morgan fingerprint density at radius 1 is 0.618 bits per heavy atom. The molecule has 4 heteroatoms. The highest BCUT2D eigenvalue weighted by Crippen LogP contribution is 2.29. The topological polar surface area (TPSA) is 54.4 Å². The summed E-state index contributed by atoms with van der Waals surface area (Å²) in [5.74, 6) is 0. The minimum Gasteiger partial charge on any atom is -0.282 e. The van der Waals surface area contributed by atoms with Gasteiger partial charge in [0.05, 0.1) is 0 Å². The molecule has 192 valence electrons. The van der Waals surface area contributed by atoms with E-state index in [0.29, 0.717) is 5.39 Å². The molecule has 0 fully saturated rings. The summed E-state index contributed by atoms with van der Waals surface area (Å²) in [5, 5.41) is 1.56. The highest BCUT2D eigenvalue weighted by atomic mass is 32.2. The lowest BCUT2D eigenvalue weighted by molar-refractivity contribution is 0.484. The van der Waals surface area contributed by atoms with Gasteiger partial charge in [0.15, 0.2) is 0 Å². The molecule has 0 aliphatic rings. The number of benzene rings is 2. The summed E-state index contributed by atoms with van der Waals surface area (Å²) >= 11 is 0. The molecular weight excluding hydrogens is 440 g/mol. The van der Waals surface area contributed by atoms with Crippen LogP contribution < -0.4 is 0 Å². The Balaban J connectivity index is 2.01. The molecule has 1 N–H and O–H groups in total. The Bertz CT molecular complexity index is 933. The second-order valence-corrected chi connectivity index (χ2v) is 11.4. The number of hydrogen-bond acceptors (Lipinski definition) is 2. The third-order valence-corrected chi connectivity index (χ3v) is 7.95. The van der Waals surface area contributed by atoms with E-state index < -0.39 is 10.1 Å². The van der Waals surface area contributed by atoms with Crippen molar-refractivity contribution >= 4 is 20.9 Å². The average Bonchev–Trinajstić information content (AvgIpc) is 2.81. The zero-order chi connectivity index (χ0) is 24.7. The molecule has 2 rings (SSSR count). The van der Waals surface area contributed by atoms with Crippen molar-refractivity contribution in [1.82, 2.24) is 0 Å². The van der Waals surface area contributed by atoms with Gasteiger partial charge < -0.3 is 0 Å². The molecule has 34 heavy (non-hydrogen) atoms. The summed E-state index contributed by atoms with van der Waals surface area (Å²) in [6.45, 7) is 4.51. The normalized spacial score (nSPS) is 12.0. The predicted molar refractivity (Wildman–Crippen MR) is 146 cm³/mol. The number of rotatable bonds is 19. The summed E-state index contributed by atoms with van der Waals surface area (Å²) in [6, 6.07) is 9.41. The SMILES string of the molecule is CCCCCCCCCCc1cc2cccc(S(=O)(=O)O)c2cc1CCCCCCCCCC. The molecule has 0 aliphatic heterocycles. The molecular formula is C30H48O3S. The van der Waals surface area contributed by atoms with Crippen LogP contribution in [0.1, 0.15) is 128 Å². The van der Waals surface area contributed by atoms with E-state index in [1.165, 1.54) is 114 Å². The van der Waals surface area contributed by atoms with Gasteiger partial charge >= 0.3 is 0 Å². The summed E-state index contributed by atoms with van der Waals surface area (Å²) in [4.78, 5) is 0.0285. The summed E-state index contributed by atoms with van der Waals surface area (Å²) in [6.07, 6.45) is 22.7. The van der Waals surface area contributed by atoms with Crippen LogP contribution in [-0.2, 0) is 23.0 Å². The van der Waals surface area contributed by atoms with Gasteiger partial charge in [0.25, 0.3) is 10.1 Å². The average molecular weight is 489 g/mol. The Kier molecular flexibility index (Phi) is 13.8. The van der Waals surface area contributed by atoms with Crippen molar-refractivity contribution in [1.29, 1.82) is 0 Å². The first kappa shape index (κ1) is 28.8. The highest BCUT2D eigenvalue weighted by molar-refractivity contribution is 7.86. The second kappa shape index (κ2) is 16.3. The molecule has 0 saturated carbocycles. The minimum absolute atomic E-state index is 0.0285. The molecule has 2 aromatic rings. The smallest absolute Gasteiger partial charge is 0.282 e. The van der Waals surface area contributed by atoms with Gasteiger partial charge in [0.1, 0.15) is 4.90 Å². The predicted octanol–water partition coefficient (Wildman–Crippen LogP) is 9.45. The van der Waals surface area contributed by atoms with Crippen molar-refractivity contribution in [2.75, 3.05) is 0 Å². The van der Waals surface area contributed by atoms with Crippen molar-refractivity contribution < 1.29 is 13.0 Å². The van der Waals surface area contributed by atoms with E-state index in [1.54, 1.807) is 6.07 Å². The van der Waals surface area contributed by atoms with Crippen LogP contribution >= 0.6 is 0 Å². The molecule has 0 bridgehead atoms. The summed E-state index contributed by atoms with van der Waals surface area (Å²) < 4.78 is 33.6. The fourth-order valence-electron chi connectivity index (χ4n) is 4.98. The van der Waals surface area contributed by atoms with Gasteiger partial charge in [-0.1, -0.05) is 122 Å². The van der Waals surface area contributed by atoms with Gasteiger partial charge in [-0.05, 0) is 54.3 Å². The van der Waals surface area contributed by atoms with Gasteiger partial charge in [0.2, 0.25) is 0 Å². The van der Waals surface area contributed by atoms with Crippen molar-refractivity contribution in [2.45, 2.75) is 134 Å². The van der Waals surface area contributed by atoms with Crippen LogP contribution in [-0.4, -0.2) is 13.0 Å². The standard InChI is InChI=1S/C30H48O3S/c1-3-5-7-9-11-13-15-17-20-26-24-28-22-19-23-30(34(31,32)33)29(28)25-27(26)21-18-16-14-12-10-8-6-4-2/h19,22-25H,3-18,20-21H2,1-2H3,(H,31,32,33). The lowest BCUT2D eigenvalue weighted by atomic mass is 9.93. The molecule has 0 aromatic heterocycles. The van der Waals surface area contributed by atoms with E-state index in [1.807, 2.05) is 12.1 Å². The van der Waals surface area contributed by atoms with Crippen LogP contribution in [0.15, 0.2) is 35.2 Å². The van der Waals surface area contributed by atoms with Crippen LogP contribution in [0.2, 0.25) is 0 Å². The molecule has 2 aromatic carbocycles. The van der Waals surface area contributed by atoms with E-state index in [4.69, 9.17) is 0 Å². The largest absolute Gasteiger partial charge is 0.295 e. The number of unbranched alkanes of at least 4 members (excludes halogenated alkanes) is 14. The zero-order valence-corrected chi connectivity index (χ0v) is 22.6. The van der Waals surface area contributed by atoms with Crippen LogP contribution in [0.3, 0.4) is 0 Å². The van der Waals surface area contributed by atoms with E-state index in [0.717, 1.165) is 24.6 Å². The monoisotopic (exact) mass is 488 g/mol. The Morgan fingerprint density at radius 3 is 1.53 bits per heavy atom. The number of fused-ring (bicyclic) bond motifs is 1. The molecule has 0 amide bonds. The van der Waals surface area contributed by atoms with Crippen LogP contribution in [0.4, 0.5) is 0 Å². The summed E-state index contributed by atoms with van der Waals surface area (Å²) in [7, 11) is -4.23.